The minimum Gasteiger partial charge on any atom is -0.339 e. The number of nitriles is 1. The van der Waals surface area contributed by atoms with Gasteiger partial charge in [-0.05, 0) is 20.0 Å². The monoisotopic (exact) mass is 208 g/mol. The number of nitrogens with zero attached hydrogens (tertiary/aromatic N) is 4. The molecule has 82 valence electrons. The molecule has 0 radical (unpaired) electrons. The first-order valence-electron chi connectivity index (χ1n) is 4.95. The summed E-state index contributed by atoms with van der Waals surface area (Å²) in [6.45, 7) is 2.68. The van der Waals surface area contributed by atoms with E-state index in [1.807, 2.05) is 25.9 Å². The molecule has 0 aromatic carbocycles. The molecule has 0 aliphatic rings. The van der Waals surface area contributed by atoms with Crippen LogP contribution in [0.1, 0.15) is 25.1 Å². The quantitative estimate of drug-likeness (QED) is 0.728. The first-order valence-corrected chi connectivity index (χ1v) is 4.95. The number of hydrogen-bond acceptors (Lipinski definition) is 5. The molecular weight excluding hydrogens is 192 g/mol. The van der Waals surface area contributed by atoms with E-state index < -0.39 is 0 Å². The zero-order valence-corrected chi connectivity index (χ0v) is 9.40. The average molecular weight is 208 g/mol. The van der Waals surface area contributed by atoms with Crippen molar-refractivity contribution in [1.82, 2.24) is 15.0 Å². The lowest BCUT2D eigenvalue weighted by Crippen LogP contribution is -2.11. The molecule has 5 heteroatoms. The second-order valence-corrected chi connectivity index (χ2v) is 4.01. The molecule has 0 aliphatic heterocycles. The molecule has 1 heterocycles. The SMILES string of the molecule is CC(CC#N)Cc1nc(CN(C)C)no1. The Morgan fingerprint density at radius 1 is 1.53 bits per heavy atom. The van der Waals surface area contributed by atoms with E-state index in [4.69, 9.17) is 9.78 Å². The molecule has 0 aliphatic carbocycles. The number of hydrogen-bond donors (Lipinski definition) is 0. The maximum atomic E-state index is 8.52. The van der Waals surface area contributed by atoms with Crippen LogP contribution >= 0.6 is 0 Å². The molecule has 0 N–H and O–H groups in total. The van der Waals surface area contributed by atoms with Gasteiger partial charge in [0.1, 0.15) is 0 Å². The summed E-state index contributed by atoms with van der Waals surface area (Å²) < 4.78 is 5.09. The highest BCUT2D eigenvalue weighted by molar-refractivity contribution is 4.88. The highest BCUT2D eigenvalue weighted by atomic mass is 16.5. The molecule has 0 fully saturated rings. The molecule has 15 heavy (non-hydrogen) atoms. The van der Waals surface area contributed by atoms with Crippen molar-refractivity contribution in [2.24, 2.45) is 5.92 Å². The van der Waals surface area contributed by atoms with Crippen molar-refractivity contribution in [1.29, 1.82) is 5.26 Å². The molecule has 0 bridgehead atoms. The minimum atomic E-state index is 0.266. The zero-order chi connectivity index (χ0) is 11.3. The van der Waals surface area contributed by atoms with Crippen LogP contribution < -0.4 is 0 Å². The van der Waals surface area contributed by atoms with E-state index in [2.05, 4.69) is 16.2 Å². The molecule has 1 aromatic heterocycles. The molecule has 5 nitrogen and oxygen atoms in total. The van der Waals surface area contributed by atoms with Crippen LogP contribution in [0.4, 0.5) is 0 Å². The van der Waals surface area contributed by atoms with E-state index in [-0.39, 0.29) is 5.92 Å². The van der Waals surface area contributed by atoms with Crippen molar-refractivity contribution in [2.75, 3.05) is 14.1 Å². The van der Waals surface area contributed by atoms with Crippen molar-refractivity contribution >= 4 is 0 Å². The van der Waals surface area contributed by atoms with Crippen LogP contribution in [0, 0.1) is 17.2 Å². The molecule has 0 spiro atoms. The molecule has 0 saturated carbocycles. The molecule has 0 amide bonds. The third-order valence-electron chi connectivity index (χ3n) is 1.93. The van der Waals surface area contributed by atoms with Crippen molar-refractivity contribution in [3.63, 3.8) is 0 Å². The van der Waals surface area contributed by atoms with E-state index in [1.54, 1.807) is 0 Å². The predicted octanol–water partition coefficient (Wildman–Crippen LogP) is 1.22. The van der Waals surface area contributed by atoms with Gasteiger partial charge in [0.2, 0.25) is 5.89 Å². The van der Waals surface area contributed by atoms with Gasteiger partial charge in [0, 0.05) is 12.8 Å². The molecule has 1 atom stereocenters. The van der Waals surface area contributed by atoms with Crippen molar-refractivity contribution in [2.45, 2.75) is 26.3 Å². The third kappa shape index (κ3) is 4.09. The summed E-state index contributed by atoms with van der Waals surface area (Å²) in [7, 11) is 3.91. The summed E-state index contributed by atoms with van der Waals surface area (Å²) in [6, 6.07) is 2.13. The van der Waals surface area contributed by atoms with Gasteiger partial charge in [0.25, 0.3) is 0 Å². The Bertz CT molecular complexity index is 339. The van der Waals surface area contributed by atoms with Gasteiger partial charge in [0.15, 0.2) is 5.82 Å². The van der Waals surface area contributed by atoms with Gasteiger partial charge >= 0.3 is 0 Å². The molecule has 1 rings (SSSR count). The largest absolute Gasteiger partial charge is 0.339 e. The van der Waals surface area contributed by atoms with Crippen LogP contribution in [0.15, 0.2) is 4.52 Å². The van der Waals surface area contributed by atoms with Crippen LogP contribution in [-0.2, 0) is 13.0 Å². The van der Waals surface area contributed by atoms with Crippen molar-refractivity contribution in [3.8, 4) is 6.07 Å². The van der Waals surface area contributed by atoms with E-state index in [9.17, 15) is 0 Å². The van der Waals surface area contributed by atoms with Gasteiger partial charge in [0.05, 0.1) is 12.6 Å². The second kappa shape index (κ2) is 5.47. The summed E-state index contributed by atoms with van der Waals surface area (Å²) in [5.74, 6) is 1.58. The van der Waals surface area contributed by atoms with Crippen LogP contribution in [-0.4, -0.2) is 29.1 Å². The smallest absolute Gasteiger partial charge is 0.226 e. The van der Waals surface area contributed by atoms with E-state index >= 15 is 0 Å². The van der Waals surface area contributed by atoms with E-state index in [1.165, 1.54) is 0 Å². The fourth-order valence-corrected chi connectivity index (χ4v) is 1.25. The summed E-state index contributed by atoms with van der Waals surface area (Å²) in [6.07, 6.45) is 1.19. The topological polar surface area (TPSA) is 66.0 Å². The number of aromatic nitrogens is 2. The first kappa shape index (κ1) is 11.7. The summed E-state index contributed by atoms with van der Waals surface area (Å²) in [4.78, 5) is 6.22. The molecule has 0 saturated heterocycles. The van der Waals surface area contributed by atoms with Crippen LogP contribution in [0.25, 0.3) is 0 Å². The second-order valence-electron chi connectivity index (χ2n) is 4.01. The standard InChI is InChI=1S/C10H16N4O/c1-8(4-5-11)6-10-12-9(13-15-10)7-14(2)3/h8H,4,6-7H2,1-3H3. The Kier molecular flexibility index (Phi) is 4.25. The van der Waals surface area contributed by atoms with E-state index in [0.29, 0.717) is 31.1 Å². The van der Waals surface area contributed by atoms with E-state index in [0.717, 1.165) is 0 Å². The highest BCUT2D eigenvalue weighted by Crippen LogP contribution is 2.09. The third-order valence-corrected chi connectivity index (χ3v) is 1.93. The zero-order valence-electron chi connectivity index (χ0n) is 9.40. The normalized spacial score (nSPS) is 12.7. The first-order chi connectivity index (χ1) is 7.11. The maximum Gasteiger partial charge on any atom is 0.226 e. The van der Waals surface area contributed by atoms with Gasteiger partial charge in [-0.25, -0.2) is 0 Å². The van der Waals surface area contributed by atoms with Crippen LogP contribution in [0.2, 0.25) is 0 Å². The molecule has 1 unspecified atom stereocenters. The van der Waals surface area contributed by atoms with Crippen LogP contribution in [0.5, 0.6) is 0 Å². The lowest BCUT2D eigenvalue weighted by molar-refractivity contribution is 0.339. The molecule has 1 aromatic rings. The Hall–Kier alpha value is -1.41. The van der Waals surface area contributed by atoms with Gasteiger partial charge < -0.3 is 9.42 Å². The maximum absolute atomic E-state index is 8.52. The van der Waals surface area contributed by atoms with Crippen molar-refractivity contribution in [3.05, 3.63) is 11.7 Å². The van der Waals surface area contributed by atoms with Gasteiger partial charge in [-0.15, -0.1) is 0 Å². The Morgan fingerprint density at radius 2 is 2.27 bits per heavy atom. The summed E-state index contributed by atoms with van der Waals surface area (Å²) >= 11 is 0. The molecular formula is C10H16N4O. The van der Waals surface area contributed by atoms with Crippen LogP contribution in [0.3, 0.4) is 0 Å². The Balaban J connectivity index is 2.49. The average Bonchev–Trinajstić information content (AvgIpc) is 2.51. The van der Waals surface area contributed by atoms with Gasteiger partial charge in [-0.2, -0.15) is 10.2 Å². The number of rotatable bonds is 5. The lowest BCUT2D eigenvalue weighted by atomic mass is 10.1. The predicted molar refractivity (Wildman–Crippen MR) is 54.8 cm³/mol. The lowest BCUT2D eigenvalue weighted by Gasteiger charge is -2.03. The minimum absolute atomic E-state index is 0.266. The highest BCUT2D eigenvalue weighted by Gasteiger charge is 2.10. The fourth-order valence-electron chi connectivity index (χ4n) is 1.25. The fraction of sp³-hybridized carbons (Fsp3) is 0.700. The summed E-state index contributed by atoms with van der Waals surface area (Å²) in [5, 5.41) is 12.4. The van der Waals surface area contributed by atoms with Gasteiger partial charge in [-0.3, -0.25) is 0 Å². The van der Waals surface area contributed by atoms with Gasteiger partial charge in [-0.1, -0.05) is 12.1 Å². The Morgan fingerprint density at radius 3 is 2.87 bits per heavy atom. The summed E-state index contributed by atoms with van der Waals surface area (Å²) in [5.41, 5.74) is 0. The van der Waals surface area contributed by atoms with Crippen molar-refractivity contribution < 1.29 is 4.52 Å². The Labute approximate surface area is 89.7 Å².